The van der Waals surface area contributed by atoms with Crippen molar-refractivity contribution in [3.05, 3.63) is 51.9 Å². The minimum absolute atomic E-state index is 0.120. The molecule has 0 N–H and O–H groups in total. The quantitative estimate of drug-likeness (QED) is 0.815. The standard InChI is InChI=1S/C14H13BrClNO3/c1-17(14(18)12-6-8-20-13(12)15)7-9-19-11-4-2-10(16)3-5-11/h2-6,8H,7,9H2,1H3. The zero-order valence-electron chi connectivity index (χ0n) is 10.8. The molecule has 0 unspecified atom stereocenters. The number of carbonyl (C=O) groups excluding carboxylic acids is 1. The SMILES string of the molecule is CN(CCOc1ccc(Cl)cc1)C(=O)c1ccoc1Br. The maximum atomic E-state index is 12.1. The fourth-order valence-electron chi connectivity index (χ4n) is 1.58. The van der Waals surface area contributed by atoms with E-state index < -0.39 is 0 Å². The summed E-state index contributed by atoms with van der Waals surface area (Å²) in [7, 11) is 1.72. The van der Waals surface area contributed by atoms with Gasteiger partial charge < -0.3 is 14.1 Å². The Morgan fingerprint density at radius 2 is 2.05 bits per heavy atom. The number of furan rings is 1. The van der Waals surface area contributed by atoms with Crippen LogP contribution < -0.4 is 4.74 Å². The highest BCUT2D eigenvalue weighted by atomic mass is 79.9. The van der Waals surface area contributed by atoms with Gasteiger partial charge in [0, 0.05) is 12.1 Å². The molecule has 0 radical (unpaired) electrons. The number of halogens is 2. The fourth-order valence-corrected chi connectivity index (χ4v) is 2.12. The van der Waals surface area contributed by atoms with E-state index in [0.717, 1.165) is 5.75 Å². The van der Waals surface area contributed by atoms with Gasteiger partial charge in [0.05, 0.1) is 18.4 Å². The Labute approximate surface area is 130 Å². The third kappa shape index (κ3) is 3.77. The first kappa shape index (κ1) is 14.9. The van der Waals surface area contributed by atoms with E-state index in [1.165, 1.54) is 6.26 Å². The molecule has 0 aliphatic carbocycles. The van der Waals surface area contributed by atoms with Gasteiger partial charge in [0.1, 0.15) is 12.4 Å². The van der Waals surface area contributed by atoms with E-state index >= 15 is 0 Å². The molecule has 4 nitrogen and oxygen atoms in total. The van der Waals surface area contributed by atoms with E-state index in [9.17, 15) is 4.79 Å². The molecule has 0 saturated heterocycles. The van der Waals surface area contributed by atoms with Crippen LogP contribution in [0, 0.1) is 0 Å². The van der Waals surface area contributed by atoms with Crippen molar-refractivity contribution in [2.45, 2.75) is 0 Å². The summed E-state index contributed by atoms with van der Waals surface area (Å²) in [6, 6.07) is 8.72. The Morgan fingerprint density at radius 3 is 2.65 bits per heavy atom. The number of nitrogens with zero attached hydrogens (tertiary/aromatic N) is 1. The molecule has 1 aromatic carbocycles. The monoisotopic (exact) mass is 357 g/mol. The van der Waals surface area contributed by atoms with E-state index in [0.29, 0.717) is 28.4 Å². The van der Waals surface area contributed by atoms with Crippen LogP contribution in [0.3, 0.4) is 0 Å². The molecule has 20 heavy (non-hydrogen) atoms. The van der Waals surface area contributed by atoms with Gasteiger partial charge in [-0.1, -0.05) is 11.6 Å². The zero-order chi connectivity index (χ0) is 14.5. The first-order valence-electron chi connectivity index (χ1n) is 5.95. The predicted molar refractivity (Wildman–Crippen MR) is 80.3 cm³/mol. The average molecular weight is 359 g/mol. The molecule has 0 aliphatic heterocycles. The Kier molecular flexibility index (Phi) is 5.09. The van der Waals surface area contributed by atoms with Crippen LogP contribution in [0.25, 0.3) is 0 Å². The number of hydrogen-bond donors (Lipinski definition) is 0. The van der Waals surface area contributed by atoms with Crippen LogP contribution in [-0.2, 0) is 0 Å². The molecule has 1 heterocycles. The number of likely N-dealkylation sites (N-methyl/N-ethyl adjacent to an activating group) is 1. The Morgan fingerprint density at radius 1 is 1.35 bits per heavy atom. The number of benzene rings is 1. The van der Waals surface area contributed by atoms with Crippen molar-refractivity contribution >= 4 is 33.4 Å². The van der Waals surface area contributed by atoms with Gasteiger partial charge in [0.15, 0.2) is 4.67 Å². The molecule has 6 heteroatoms. The van der Waals surface area contributed by atoms with Crippen LogP contribution in [0.4, 0.5) is 0 Å². The second-order valence-corrected chi connectivity index (χ2v) is 5.29. The predicted octanol–water partition coefficient (Wildman–Crippen LogP) is 3.85. The first-order chi connectivity index (χ1) is 9.58. The highest BCUT2D eigenvalue weighted by Crippen LogP contribution is 2.19. The molecule has 1 aromatic heterocycles. The van der Waals surface area contributed by atoms with E-state index in [-0.39, 0.29) is 5.91 Å². The first-order valence-corrected chi connectivity index (χ1v) is 7.12. The van der Waals surface area contributed by atoms with E-state index in [2.05, 4.69) is 15.9 Å². The van der Waals surface area contributed by atoms with Crippen molar-refractivity contribution in [2.24, 2.45) is 0 Å². The number of hydrogen-bond acceptors (Lipinski definition) is 3. The van der Waals surface area contributed by atoms with Gasteiger partial charge in [-0.15, -0.1) is 0 Å². The summed E-state index contributed by atoms with van der Waals surface area (Å²) >= 11 is 8.98. The maximum absolute atomic E-state index is 12.1. The summed E-state index contributed by atoms with van der Waals surface area (Å²) in [6.45, 7) is 0.873. The number of amides is 1. The molecule has 2 rings (SSSR count). The second kappa shape index (κ2) is 6.81. The van der Waals surface area contributed by atoms with Crippen molar-refractivity contribution in [3.8, 4) is 5.75 Å². The minimum atomic E-state index is -0.120. The van der Waals surface area contributed by atoms with Crippen LogP contribution in [0.1, 0.15) is 10.4 Å². The summed E-state index contributed by atoms with van der Waals surface area (Å²) in [5, 5.41) is 0.662. The smallest absolute Gasteiger partial charge is 0.258 e. The van der Waals surface area contributed by atoms with E-state index in [1.807, 2.05) is 0 Å². The largest absolute Gasteiger partial charge is 0.492 e. The molecule has 106 valence electrons. The number of rotatable bonds is 5. The molecule has 0 bridgehead atoms. The van der Waals surface area contributed by atoms with Gasteiger partial charge in [-0.3, -0.25) is 4.79 Å². The fraction of sp³-hybridized carbons (Fsp3) is 0.214. The average Bonchev–Trinajstić information content (AvgIpc) is 2.86. The van der Waals surface area contributed by atoms with Crippen LogP contribution >= 0.6 is 27.5 Å². The van der Waals surface area contributed by atoms with Crippen molar-refractivity contribution < 1.29 is 13.9 Å². The summed E-state index contributed by atoms with van der Waals surface area (Å²) in [6.07, 6.45) is 1.47. The van der Waals surface area contributed by atoms with E-state index in [4.69, 9.17) is 20.8 Å². The number of ether oxygens (including phenoxy) is 1. The molecular formula is C14H13BrClNO3. The van der Waals surface area contributed by atoms with Gasteiger partial charge in [-0.05, 0) is 46.3 Å². The van der Waals surface area contributed by atoms with Gasteiger partial charge in [0.2, 0.25) is 0 Å². The lowest BCUT2D eigenvalue weighted by Gasteiger charge is -2.16. The highest BCUT2D eigenvalue weighted by Gasteiger charge is 2.16. The molecular weight excluding hydrogens is 346 g/mol. The normalized spacial score (nSPS) is 10.3. The van der Waals surface area contributed by atoms with Crippen molar-refractivity contribution in [1.82, 2.24) is 4.90 Å². The second-order valence-electron chi connectivity index (χ2n) is 4.14. The molecule has 0 aliphatic rings. The van der Waals surface area contributed by atoms with Gasteiger partial charge in [-0.25, -0.2) is 0 Å². The third-order valence-corrected chi connectivity index (χ3v) is 3.57. The summed E-state index contributed by atoms with van der Waals surface area (Å²) in [4.78, 5) is 13.7. The Bertz CT molecular complexity index is 582. The Hall–Kier alpha value is -1.46. The highest BCUT2D eigenvalue weighted by molar-refractivity contribution is 9.10. The van der Waals surface area contributed by atoms with Crippen molar-refractivity contribution in [2.75, 3.05) is 20.2 Å². The lowest BCUT2D eigenvalue weighted by atomic mass is 10.3. The van der Waals surface area contributed by atoms with Crippen molar-refractivity contribution in [3.63, 3.8) is 0 Å². The molecule has 0 saturated carbocycles. The Balaban J connectivity index is 1.83. The maximum Gasteiger partial charge on any atom is 0.258 e. The summed E-state index contributed by atoms with van der Waals surface area (Å²) in [5.41, 5.74) is 0.499. The third-order valence-electron chi connectivity index (χ3n) is 2.70. The van der Waals surface area contributed by atoms with Crippen LogP contribution in [-0.4, -0.2) is 31.0 Å². The van der Waals surface area contributed by atoms with Gasteiger partial charge >= 0.3 is 0 Å². The van der Waals surface area contributed by atoms with Gasteiger partial charge in [-0.2, -0.15) is 0 Å². The van der Waals surface area contributed by atoms with Gasteiger partial charge in [0.25, 0.3) is 5.91 Å². The minimum Gasteiger partial charge on any atom is -0.492 e. The molecule has 0 spiro atoms. The zero-order valence-corrected chi connectivity index (χ0v) is 13.1. The van der Waals surface area contributed by atoms with Crippen molar-refractivity contribution in [1.29, 1.82) is 0 Å². The number of carbonyl (C=O) groups is 1. The summed E-state index contributed by atoms with van der Waals surface area (Å²) < 4.78 is 11.0. The molecule has 2 aromatic rings. The summed E-state index contributed by atoms with van der Waals surface area (Å²) in [5.74, 6) is 0.602. The lowest BCUT2D eigenvalue weighted by Crippen LogP contribution is -2.30. The topological polar surface area (TPSA) is 42.7 Å². The van der Waals surface area contributed by atoms with Crippen LogP contribution in [0.2, 0.25) is 5.02 Å². The molecule has 0 atom stereocenters. The van der Waals surface area contributed by atoms with Crippen LogP contribution in [0.5, 0.6) is 5.75 Å². The van der Waals surface area contributed by atoms with E-state index in [1.54, 1.807) is 42.3 Å². The molecule has 0 fully saturated rings. The lowest BCUT2D eigenvalue weighted by molar-refractivity contribution is 0.0772. The van der Waals surface area contributed by atoms with Crippen LogP contribution in [0.15, 0.2) is 45.7 Å². The molecule has 1 amide bonds.